The molecule has 1 aromatic heterocycles. The summed E-state index contributed by atoms with van der Waals surface area (Å²) in [7, 11) is 0. The molecule has 6 heteroatoms. The van der Waals surface area contributed by atoms with E-state index in [1.807, 2.05) is 0 Å². The highest BCUT2D eigenvalue weighted by atomic mass is 35.5. The van der Waals surface area contributed by atoms with Gasteiger partial charge in [-0.05, 0) is 11.6 Å². The average Bonchev–Trinajstić information content (AvgIpc) is 2.41. The number of hydrogen-bond acceptors (Lipinski definition) is 3. The molecule has 0 amide bonds. The number of aromatic nitrogens is 1. The maximum absolute atomic E-state index is 11.0. The molecule has 1 aromatic carbocycles. The van der Waals surface area contributed by atoms with E-state index in [0.717, 1.165) is 5.56 Å². The van der Waals surface area contributed by atoms with Gasteiger partial charge in [0.25, 0.3) is 0 Å². The lowest BCUT2D eigenvalue weighted by Gasteiger charge is -2.07. The van der Waals surface area contributed by atoms with Gasteiger partial charge in [0.2, 0.25) is 0 Å². The van der Waals surface area contributed by atoms with Crippen molar-refractivity contribution in [1.29, 1.82) is 0 Å². The first-order chi connectivity index (χ1) is 9.02. The van der Waals surface area contributed by atoms with Crippen LogP contribution in [-0.2, 0) is 6.61 Å². The van der Waals surface area contributed by atoms with E-state index in [-0.39, 0.29) is 22.3 Å². The normalized spacial score (nSPS) is 10.5. The molecule has 0 saturated carbocycles. The number of hydrogen-bond donors (Lipinski definition) is 2. The summed E-state index contributed by atoms with van der Waals surface area (Å²) in [6, 6.07) is 8.00. The van der Waals surface area contributed by atoms with Gasteiger partial charge in [-0.2, -0.15) is 0 Å². The smallest absolute Gasteiger partial charge is 0.354 e. The Balaban J connectivity index is 2.56. The molecular weight excluding hydrogens is 289 g/mol. The molecule has 98 valence electrons. The van der Waals surface area contributed by atoms with E-state index < -0.39 is 5.97 Å². The molecule has 1 heterocycles. The topological polar surface area (TPSA) is 70.4 Å². The zero-order valence-electron chi connectivity index (χ0n) is 9.60. The Morgan fingerprint density at radius 2 is 1.84 bits per heavy atom. The average molecular weight is 298 g/mol. The third-order valence-electron chi connectivity index (χ3n) is 2.54. The van der Waals surface area contributed by atoms with Crippen LogP contribution >= 0.6 is 23.2 Å². The second kappa shape index (κ2) is 5.57. The molecule has 0 fully saturated rings. The lowest BCUT2D eigenvalue weighted by Crippen LogP contribution is -2.02. The van der Waals surface area contributed by atoms with Gasteiger partial charge < -0.3 is 10.2 Å². The summed E-state index contributed by atoms with van der Waals surface area (Å²) < 4.78 is 0. The number of halogens is 2. The Bertz CT molecular complexity index is 627. The minimum absolute atomic E-state index is 0.0721. The standard InChI is InChI=1S/C13H9Cl2NO3/c14-9-5-10(13(18)19)16-12(11(9)15)8-3-1-7(6-17)2-4-8/h1-5,17H,6H2,(H,18,19). The van der Waals surface area contributed by atoms with Crippen molar-refractivity contribution < 1.29 is 15.0 Å². The lowest BCUT2D eigenvalue weighted by atomic mass is 10.1. The number of carboxylic acids is 1. The van der Waals surface area contributed by atoms with E-state index in [1.165, 1.54) is 6.07 Å². The molecule has 4 nitrogen and oxygen atoms in total. The lowest BCUT2D eigenvalue weighted by molar-refractivity contribution is 0.0690. The maximum Gasteiger partial charge on any atom is 0.354 e. The second-order valence-corrected chi connectivity index (χ2v) is 4.60. The Morgan fingerprint density at radius 3 is 2.37 bits per heavy atom. The van der Waals surface area contributed by atoms with Gasteiger partial charge in [0.05, 0.1) is 22.3 Å². The summed E-state index contributed by atoms with van der Waals surface area (Å²) in [4.78, 5) is 14.9. The molecule has 0 bridgehead atoms. The molecule has 2 rings (SSSR count). The molecule has 0 radical (unpaired) electrons. The first-order valence-electron chi connectivity index (χ1n) is 5.32. The molecular formula is C13H9Cl2NO3. The van der Waals surface area contributed by atoms with Gasteiger partial charge >= 0.3 is 5.97 Å². The number of aromatic carboxylic acids is 1. The largest absolute Gasteiger partial charge is 0.477 e. The first kappa shape index (κ1) is 13.8. The summed E-state index contributed by atoms with van der Waals surface area (Å²) in [5.41, 5.74) is 1.50. The molecule has 0 aliphatic heterocycles. The minimum Gasteiger partial charge on any atom is -0.477 e. The van der Waals surface area contributed by atoms with Crippen LogP contribution in [-0.4, -0.2) is 21.2 Å². The number of nitrogens with zero attached hydrogens (tertiary/aromatic N) is 1. The number of pyridine rings is 1. The maximum atomic E-state index is 11.0. The summed E-state index contributed by atoms with van der Waals surface area (Å²) in [5.74, 6) is -1.17. The van der Waals surface area contributed by atoms with Gasteiger partial charge in [-0.3, -0.25) is 0 Å². The van der Waals surface area contributed by atoms with Crippen LogP contribution < -0.4 is 0 Å². The molecule has 19 heavy (non-hydrogen) atoms. The third-order valence-corrected chi connectivity index (χ3v) is 3.32. The van der Waals surface area contributed by atoms with Crippen LogP contribution in [0, 0.1) is 0 Å². The number of aliphatic hydroxyl groups excluding tert-OH is 1. The Hall–Kier alpha value is -1.62. The Labute approximate surface area is 119 Å². The van der Waals surface area contributed by atoms with Gasteiger partial charge in [-0.1, -0.05) is 47.5 Å². The van der Waals surface area contributed by atoms with Crippen molar-refractivity contribution in [2.75, 3.05) is 0 Å². The van der Waals surface area contributed by atoms with Crippen molar-refractivity contribution >= 4 is 29.2 Å². The van der Waals surface area contributed by atoms with Crippen molar-refractivity contribution in [2.24, 2.45) is 0 Å². The molecule has 2 N–H and O–H groups in total. The van der Waals surface area contributed by atoms with Gasteiger partial charge in [0.15, 0.2) is 0 Å². The van der Waals surface area contributed by atoms with Crippen molar-refractivity contribution in [3.05, 3.63) is 51.6 Å². The zero-order chi connectivity index (χ0) is 14.0. The first-order valence-corrected chi connectivity index (χ1v) is 6.08. The van der Waals surface area contributed by atoms with Crippen LogP contribution in [0.2, 0.25) is 10.0 Å². The van der Waals surface area contributed by atoms with Gasteiger partial charge in [-0.15, -0.1) is 0 Å². The molecule has 0 unspecified atom stereocenters. The van der Waals surface area contributed by atoms with Gasteiger partial charge in [-0.25, -0.2) is 9.78 Å². The van der Waals surface area contributed by atoms with Crippen LogP contribution in [0.15, 0.2) is 30.3 Å². The third kappa shape index (κ3) is 2.87. The van der Waals surface area contributed by atoms with Crippen LogP contribution in [0.5, 0.6) is 0 Å². The van der Waals surface area contributed by atoms with E-state index in [0.29, 0.717) is 11.3 Å². The summed E-state index contributed by atoms with van der Waals surface area (Å²) in [6.07, 6.45) is 0. The molecule has 0 saturated heterocycles. The highest BCUT2D eigenvalue weighted by molar-refractivity contribution is 6.43. The molecule has 0 aliphatic carbocycles. The number of carboxylic acid groups (broad SMARTS) is 1. The number of carbonyl (C=O) groups is 1. The number of rotatable bonds is 3. The van der Waals surface area contributed by atoms with E-state index in [4.69, 9.17) is 33.4 Å². The number of benzene rings is 1. The van der Waals surface area contributed by atoms with Crippen molar-refractivity contribution in [3.63, 3.8) is 0 Å². The van der Waals surface area contributed by atoms with Gasteiger partial charge in [0, 0.05) is 5.56 Å². The van der Waals surface area contributed by atoms with E-state index >= 15 is 0 Å². The van der Waals surface area contributed by atoms with Crippen LogP contribution in [0.1, 0.15) is 16.1 Å². The fourth-order valence-electron chi connectivity index (χ4n) is 1.57. The van der Waals surface area contributed by atoms with Crippen LogP contribution in [0.3, 0.4) is 0 Å². The van der Waals surface area contributed by atoms with E-state index in [1.54, 1.807) is 24.3 Å². The van der Waals surface area contributed by atoms with Gasteiger partial charge in [0.1, 0.15) is 5.69 Å². The molecule has 0 atom stereocenters. The minimum atomic E-state index is -1.17. The predicted octanol–water partition coefficient (Wildman–Crippen LogP) is 3.25. The fourth-order valence-corrected chi connectivity index (χ4v) is 1.97. The predicted molar refractivity (Wildman–Crippen MR) is 72.6 cm³/mol. The second-order valence-electron chi connectivity index (χ2n) is 3.81. The van der Waals surface area contributed by atoms with E-state index in [2.05, 4.69) is 4.98 Å². The zero-order valence-corrected chi connectivity index (χ0v) is 11.1. The Kier molecular flexibility index (Phi) is 4.04. The highest BCUT2D eigenvalue weighted by Crippen LogP contribution is 2.32. The summed E-state index contributed by atoms with van der Waals surface area (Å²) in [6.45, 7) is -0.0721. The Morgan fingerprint density at radius 1 is 1.21 bits per heavy atom. The monoisotopic (exact) mass is 297 g/mol. The van der Waals surface area contributed by atoms with Crippen LogP contribution in [0.4, 0.5) is 0 Å². The SMILES string of the molecule is O=C(O)c1cc(Cl)c(Cl)c(-c2ccc(CO)cc2)n1. The van der Waals surface area contributed by atoms with Crippen molar-refractivity contribution in [2.45, 2.75) is 6.61 Å². The van der Waals surface area contributed by atoms with Crippen molar-refractivity contribution in [1.82, 2.24) is 4.98 Å². The quantitative estimate of drug-likeness (QED) is 0.912. The van der Waals surface area contributed by atoms with Crippen LogP contribution in [0.25, 0.3) is 11.3 Å². The summed E-state index contributed by atoms with van der Waals surface area (Å²) in [5, 5.41) is 18.3. The molecule has 2 aromatic rings. The molecule has 0 aliphatic rings. The van der Waals surface area contributed by atoms with E-state index in [9.17, 15) is 4.79 Å². The summed E-state index contributed by atoms with van der Waals surface area (Å²) >= 11 is 11.9. The molecule has 0 spiro atoms. The highest BCUT2D eigenvalue weighted by Gasteiger charge is 2.15. The van der Waals surface area contributed by atoms with Crippen molar-refractivity contribution in [3.8, 4) is 11.3 Å². The number of aliphatic hydroxyl groups is 1. The fraction of sp³-hybridized carbons (Fsp3) is 0.0769.